The average Bonchev–Trinajstić information content (AvgIpc) is 3.76. The molecule has 240 valence electrons. The van der Waals surface area contributed by atoms with E-state index in [1.165, 1.54) is 109 Å². The summed E-state index contributed by atoms with van der Waals surface area (Å²) >= 11 is 0. The topological polar surface area (TPSA) is 18.5 Å². The van der Waals surface area contributed by atoms with Gasteiger partial charge in [0, 0.05) is 18.2 Å². The normalized spacial score (nSPS) is 28.6. The highest BCUT2D eigenvalue weighted by atomic mass is 31.1. The lowest BCUT2D eigenvalue weighted by molar-refractivity contribution is 0.150. The van der Waals surface area contributed by atoms with Crippen molar-refractivity contribution in [1.29, 1.82) is 0 Å². The summed E-state index contributed by atoms with van der Waals surface area (Å²) in [6, 6.07) is 27.2. The number of ether oxygens (including phenoxy) is 2. The molecule has 1 unspecified atom stereocenters. The minimum Gasteiger partial charge on any atom is -0.496 e. The molecule has 8 rings (SSSR count). The maximum Gasteiger partial charge on any atom is 0.127 e. The van der Waals surface area contributed by atoms with Gasteiger partial charge >= 0.3 is 0 Å². The Morgan fingerprint density at radius 1 is 0.609 bits per heavy atom. The van der Waals surface area contributed by atoms with Crippen LogP contribution in [-0.4, -0.2) is 45.0 Å². The fourth-order valence-electron chi connectivity index (χ4n) is 9.80. The maximum atomic E-state index is 6.57. The zero-order valence-corrected chi connectivity index (χ0v) is 29.6. The first-order valence-electron chi connectivity index (χ1n) is 18.0. The third kappa shape index (κ3) is 5.76. The van der Waals surface area contributed by atoms with Crippen LogP contribution in [0, 0.1) is 23.7 Å². The Kier molecular flexibility index (Phi) is 9.25. The van der Waals surface area contributed by atoms with Crippen LogP contribution in [0.1, 0.15) is 68.9 Å². The molecular formula is C42H50O2P2. The van der Waals surface area contributed by atoms with E-state index < -0.39 is 0 Å². The van der Waals surface area contributed by atoms with E-state index in [0.29, 0.717) is 0 Å². The Morgan fingerprint density at radius 2 is 1.15 bits per heavy atom. The molecule has 0 N–H and O–H groups in total. The van der Waals surface area contributed by atoms with Gasteiger partial charge in [0.05, 0.1) is 13.2 Å². The van der Waals surface area contributed by atoms with E-state index in [-0.39, 0.29) is 21.9 Å². The van der Waals surface area contributed by atoms with Crippen LogP contribution >= 0.6 is 15.8 Å². The molecule has 0 amide bonds. The van der Waals surface area contributed by atoms with E-state index in [0.717, 1.165) is 35.8 Å². The van der Waals surface area contributed by atoms with Gasteiger partial charge in [0.2, 0.25) is 0 Å². The predicted octanol–water partition coefficient (Wildman–Crippen LogP) is 10.8. The molecule has 4 fully saturated rings. The lowest BCUT2D eigenvalue weighted by Crippen LogP contribution is -2.24. The standard InChI is InChI=1S/C42H50O2P2/c1-43-37-23-21-35(29-13-5-3-6-14-29)41(45-25-31-17-9-10-18-32(31)26-45)39(37)40-38(44-2)24-22-36(30-15-7-4-8-16-30)42(40)46-27-33-19-11-12-20-34(33)28-46/h3-8,13-16,21-23,31-34,38H,9-12,17-20,24-28H2,1-2H3/t31-,32-,33-,34-,38?/m1/s1. The Bertz CT molecular complexity index is 1570. The van der Waals surface area contributed by atoms with Gasteiger partial charge in [-0.1, -0.05) is 114 Å². The highest BCUT2D eigenvalue weighted by Crippen LogP contribution is 2.65. The van der Waals surface area contributed by atoms with Crippen molar-refractivity contribution in [2.75, 3.05) is 38.9 Å². The number of methoxy groups -OCH3 is 2. The Hall–Kier alpha value is -2.24. The molecule has 2 aliphatic heterocycles. The second kappa shape index (κ2) is 13.7. The quantitative estimate of drug-likeness (QED) is 0.237. The minimum absolute atomic E-state index is 0.0474. The van der Waals surface area contributed by atoms with Gasteiger partial charge in [-0.05, 0) is 119 Å². The smallest absolute Gasteiger partial charge is 0.127 e. The van der Waals surface area contributed by atoms with Gasteiger partial charge in [-0.15, -0.1) is 0 Å². The first kappa shape index (κ1) is 31.1. The highest BCUT2D eigenvalue weighted by Gasteiger charge is 2.43. The molecule has 0 aromatic heterocycles. The molecule has 3 aliphatic carbocycles. The number of hydrogen-bond acceptors (Lipinski definition) is 2. The van der Waals surface area contributed by atoms with Crippen molar-refractivity contribution in [3.05, 3.63) is 95.3 Å². The third-order valence-corrected chi connectivity index (χ3v) is 17.9. The van der Waals surface area contributed by atoms with Crippen LogP contribution in [0.4, 0.5) is 0 Å². The van der Waals surface area contributed by atoms with Crippen LogP contribution in [0.15, 0.2) is 84.2 Å². The molecule has 0 radical (unpaired) electrons. The SMILES string of the molecule is COc1ccc(-c2ccccc2)c(P2C[C@H]3CCCC[C@@H]3C2)c1C1=C(P2C[C@H]3CCCC[C@@H]3C2)C(c2ccccc2)=CCC1OC. The minimum atomic E-state index is -0.322. The molecule has 2 saturated carbocycles. The summed E-state index contributed by atoms with van der Waals surface area (Å²) in [7, 11) is 3.23. The van der Waals surface area contributed by atoms with E-state index >= 15 is 0 Å². The summed E-state index contributed by atoms with van der Waals surface area (Å²) in [5.41, 5.74) is 8.54. The molecular weight excluding hydrogens is 598 g/mol. The van der Waals surface area contributed by atoms with Crippen LogP contribution in [0.3, 0.4) is 0 Å². The van der Waals surface area contributed by atoms with Gasteiger partial charge in [0.1, 0.15) is 5.75 Å². The molecule has 46 heavy (non-hydrogen) atoms. The van der Waals surface area contributed by atoms with Crippen molar-refractivity contribution in [2.45, 2.75) is 63.9 Å². The monoisotopic (exact) mass is 648 g/mol. The molecule has 2 heterocycles. The number of benzene rings is 3. The molecule has 0 spiro atoms. The maximum absolute atomic E-state index is 6.57. The summed E-state index contributed by atoms with van der Waals surface area (Å²) in [6.45, 7) is 0. The molecule has 0 bridgehead atoms. The lowest BCUT2D eigenvalue weighted by atomic mass is 9.82. The van der Waals surface area contributed by atoms with Crippen LogP contribution < -0.4 is 10.0 Å². The molecule has 3 aromatic rings. The molecule has 3 aromatic carbocycles. The largest absolute Gasteiger partial charge is 0.496 e. The van der Waals surface area contributed by atoms with Gasteiger partial charge in [-0.2, -0.15) is 0 Å². The zero-order chi connectivity index (χ0) is 31.0. The van der Waals surface area contributed by atoms with Crippen LogP contribution in [0.2, 0.25) is 0 Å². The fourth-order valence-corrected chi connectivity index (χ4v) is 17.3. The molecule has 5 aliphatic rings. The van der Waals surface area contributed by atoms with Crippen LogP contribution in [-0.2, 0) is 4.74 Å². The van der Waals surface area contributed by atoms with Gasteiger partial charge in [0.15, 0.2) is 0 Å². The van der Waals surface area contributed by atoms with Gasteiger partial charge in [0.25, 0.3) is 0 Å². The summed E-state index contributed by atoms with van der Waals surface area (Å²) in [5, 5.41) is 3.26. The van der Waals surface area contributed by atoms with E-state index in [1.54, 1.807) is 10.6 Å². The number of hydrogen-bond donors (Lipinski definition) is 0. The van der Waals surface area contributed by atoms with Crippen LogP contribution in [0.5, 0.6) is 5.75 Å². The number of rotatable bonds is 7. The summed E-state index contributed by atoms with van der Waals surface area (Å²) in [6.07, 6.45) is 20.4. The second-order valence-corrected chi connectivity index (χ2v) is 19.0. The van der Waals surface area contributed by atoms with Gasteiger partial charge in [-0.25, -0.2) is 0 Å². The Labute approximate surface area is 279 Å². The van der Waals surface area contributed by atoms with E-state index in [1.807, 2.05) is 14.2 Å². The van der Waals surface area contributed by atoms with E-state index in [9.17, 15) is 0 Å². The van der Waals surface area contributed by atoms with Gasteiger partial charge < -0.3 is 9.47 Å². The van der Waals surface area contributed by atoms with Gasteiger partial charge in [-0.3, -0.25) is 0 Å². The Morgan fingerprint density at radius 3 is 1.70 bits per heavy atom. The molecule has 4 heteroatoms. The Balaban J connectivity index is 1.39. The average molecular weight is 649 g/mol. The van der Waals surface area contributed by atoms with Crippen molar-refractivity contribution in [1.82, 2.24) is 0 Å². The first-order chi connectivity index (χ1) is 22.7. The first-order valence-corrected chi connectivity index (χ1v) is 21.5. The van der Waals surface area contributed by atoms with E-state index in [4.69, 9.17) is 9.47 Å². The van der Waals surface area contributed by atoms with Crippen molar-refractivity contribution >= 4 is 32.3 Å². The van der Waals surface area contributed by atoms with Crippen LogP contribution in [0.25, 0.3) is 22.3 Å². The van der Waals surface area contributed by atoms with Crippen molar-refractivity contribution in [3.63, 3.8) is 0 Å². The van der Waals surface area contributed by atoms with E-state index in [2.05, 4.69) is 78.9 Å². The molecule has 2 saturated heterocycles. The number of fused-ring (bicyclic) bond motifs is 2. The van der Waals surface area contributed by atoms with Crippen molar-refractivity contribution in [2.24, 2.45) is 23.7 Å². The van der Waals surface area contributed by atoms with Crippen molar-refractivity contribution < 1.29 is 9.47 Å². The summed E-state index contributed by atoms with van der Waals surface area (Å²) in [4.78, 5) is 0. The summed E-state index contributed by atoms with van der Waals surface area (Å²) < 4.78 is 13.0. The fraction of sp³-hybridized carbons (Fsp3) is 0.476. The predicted molar refractivity (Wildman–Crippen MR) is 199 cm³/mol. The zero-order valence-electron chi connectivity index (χ0n) is 27.8. The molecule has 2 nitrogen and oxygen atoms in total. The van der Waals surface area contributed by atoms with Crippen molar-refractivity contribution in [3.8, 4) is 16.9 Å². The highest BCUT2D eigenvalue weighted by molar-refractivity contribution is 7.66. The third-order valence-electron chi connectivity index (χ3n) is 12.0. The second-order valence-electron chi connectivity index (χ2n) is 14.5. The molecule has 5 atom stereocenters. The number of allylic oxidation sites excluding steroid dienone is 2. The summed E-state index contributed by atoms with van der Waals surface area (Å²) in [5.74, 6) is 4.63. The lowest BCUT2D eigenvalue weighted by Gasteiger charge is -2.35.